The summed E-state index contributed by atoms with van der Waals surface area (Å²) in [6.07, 6.45) is 9.19. The molecule has 1 heterocycles. The van der Waals surface area contributed by atoms with Crippen molar-refractivity contribution in [3.8, 4) is 0 Å². The molecular formula is C15H25N4P. The summed E-state index contributed by atoms with van der Waals surface area (Å²) in [6.45, 7) is 4.61. The zero-order valence-corrected chi connectivity index (χ0v) is 13.5. The zero-order chi connectivity index (χ0) is 14.4. The van der Waals surface area contributed by atoms with Crippen LogP contribution in [0.5, 0.6) is 0 Å². The molecule has 0 saturated heterocycles. The number of hydrogen-bond acceptors (Lipinski definition) is 4. The number of rotatable bonds is 5. The number of nitrogens with one attached hydrogen (secondary N) is 2. The summed E-state index contributed by atoms with van der Waals surface area (Å²) in [5.74, 6) is 0.690. The number of pyridine rings is 1. The summed E-state index contributed by atoms with van der Waals surface area (Å²) in [5, 5.41) is 8.04. The lowest BCUT2D eigenvalue weighted by molar-refractivity contribution is 0.220. The molecule has 1 saturated carbocycles. The molecule has 1 aromatic rings. The van der Waals surface area contributed by atoms with Crippen molar-refractivity contribution in [3.05, 3.63) is 24.5 Å². The minimum Gasteiger partial charge on any atom is -0.295 e. The van der Waals surface area contributed by atoms with Gasteiger partial charge in [-0.1, -0.05) is 29.7 Å². The SMILES string of the molecule is CCC(C)C1(NP)CCC(=NNc2ccncc2)CC1. The Kier molecular flexibility index (Phi) is 5.50. The van der Waals surface area contributed by atoms with E-state index in [0.717, 1.165) is 31.4 Å². The van der Waals surface area contributed by atoms with Crippen LogP contribution in [0.1, 0.15) is 46.0 Å². The van der Waals surface area contributed by atoms with Gasteiger partial charge in [-0.25, -0.2) is 0 Å². The summed E-state index contributed by atoms with van der Waals surface area (Å²) in [6, 6.07) is 3.86. The third-order valence-electron chi connectivity index (χ3n) is 4.59. The van der Waals surface area contributed by atoms with Crippen LogP contribution in [0.4, 0.5) is 5.69 Å². The van der Waals surface area contributed by atoms with E-state index in [0.29, 0.717) is 5.92 Å². The first-order valence-electron chi connectivity index (χ1n) is 7.39. The number of anilines is 1. The van der Waals surface area contributed by atoms with Crippen molar-refractivity contribution in [1.82, 2.24) is 10.1 Å². The fourth-order valence-electron chi connectivity index (χ4n) is 2.84. The molecule has 20 heavy (non-hydrogen) atoms. The van der Waals surface area contributed by atoms with Crippen molar-refractivity contribution in [2.75, 3.05) is 5.43 Å². The summed E-state index contributed by atoms with van der Waals surface area (Å²) >= 11 is 0. The van der Waals surface area contributed by atoms with Crippen LogP contribution >= 0.6 is 9.39 Å². The van der Waals surface area contributed by atoms with E-state index in [2.05, 4.69) is 43.8 Å². The number of aromatic nitrogens is 1. The van der Waals surface area contributed by atoms with Crippen molar-refractivity contribution in [3.63, 3.8) is 0 Å². The molecule has 1 aliphatic rings. The molecule has 5 heteroatoms. The van der Waals surface area contributed by atoms with Crippen LogP contribution in [-0.4, -0.2) is 16.2 Å². The average Bonchev–Trinajstić information content (AvgIpc) is 2.53. The van der Waals surface area contributed by atoms with Gasteiger partial charge in [-0.2, -0.15) is 5.10 Å². The molecule has 2 atom stereocenters. The van der Waals surface area contributed by atoms with E-state index in [1.807, 2.05) is 12.1 Å². The molecule has 2 rings (SSSR count). The highest BCUT2D eigenvalue weighted by molar-refractivity contribution is 7.13. The lowest BCUT2D eigenvalue weighted by Gasteiger charge is -2.42. The van der Waals surface area contributed by atoms with Gasteiger partial charge in [0.1, 0.15) is 0 Å². The molecule has 0 aliphatic heterocycles. The second-order valence-electron chi connectivity index (χ2n) is 5.64. The van der Waals surface area contributed by atoms with Gasteiger partial charge < -0.3 is 0 Å². The van der Waals surface area contributed by atoms with Gasteiger partial charge in [0.15, 0.2) is 0 Å². The van der Waals surface area contributed by atoms with Gasteiger partial charge in [0.05, 0.1) is 5.69 Å². The quantitative estimate of drug-likeness (QED) is 0.644. The highest BCUT2D eigenvalue weighted by Gasteiger charge is 2.36. The van der Waals surface area contributed by atoms with Crippen LogP contribution in [0.15, 0.2) is 29.6 Å². The highest BCUT2D eigenvalue weighted by atomic mass is 31.0. The van der Waals surface area contributed by atoms with Crippen LogP contribution in [0.25, 0.3) is 0 Å². The fourth-order valence-corrected chi connectivity index (χ4v) is 3.41. The Morgan fingerprint density at radius 1 is 1.35 bits per heavy atom. The van der Waals surface area contributed by atoms with Gasteiger partial charge in [0.2, 0.25) is 0 Å². The van der Waals surface area contributed by atoms with E-state index in [-0.39, 0.29) is 5.54 Å². The normalized spacial score (nSPS) is 24.2. The summed E-state index contributed by atoms with van der Waals surface area (Å²) in [5.41, 5.74) is 5.64. The second kappa shape index (κ2) is 7.14. The minimum absolute atomic E-state index is 0.259. The first-order chi connectivity index (χ1) is 9.70. The molecule has 4 nitrogen and oxygen atoms in total. The molecule has 0 radical (unpaired) electrons. The number of hydrogen-bond donors (Lipinski definition) is 2. The number of hydrazone groups is 1. The van der Waals surface area contributed by atoms with Gasteiger partial charge in [-0.15, -0.1) is 0 Å². The topological polar surface area (TPSA) is 49.3 Å². The second-order valence-corrected chi connectivity index (χ2v) is 5.92. The van der Waals surface area contributed by atoms with Crippen LogP contribution in [-0.2, 0) is 0 Å². The molecule has 1 aliphatic carbocycles. The Morgan fingerprint density at radius 3 is 2.55 bits per heavy atom. The van der Waals surface area contributed by atoms with Gasteiger partial charge >= 0.3 is 0 Å². The van der Waals surface area contributed by atoms with E-state index in [9.17, 15) is 0 Å². The van der Waals surface area contributed by atoms with Gasteiger partial charge in [0.25, 0.3) is 0 Å². The van der Waals surface area contributed by atoms with Crippen molar-refractivity contribution >= 4 is 20.8 Å². The highest BCUT2D eigenvalue weighted by Crippen LogP contribution is 2.35. The Morgan fingerprint density at radius 2 is 2.00 bits per heavy atom. The van der Waals surface area contributed by atoms with Crippen LogP contribution in [0.2, 0.25) is 0 Å². The van der Waals surface area contributed by atoms with Crippen molar-refractivity contribution in [2.24, 2.45) is 11.0 Å². The third kappa shape index (κ3) is 3.56. The van der Waals surface area contributed by atoms with E-state index in [1.54, 1.807) is 12.4 Å². The Labute approximate surface area is 124 Å². The third-order valence-corrected chi connectivity index (χ3v) is 5.16. The Bertz CT molecular complexity index is 436. The maximum absolute atomic E-state index is 4.54. The van der Waals surface area contributed by atoms with Crippen molar-refractivity contribution < 1.29 is 0 Å². The van der Waals surface area contributed by atoms with E-state index >= 15 is 0 Å². The molecule has 1 fully saturated rings. The molecule has 2 unspecified atom stereocenters. The summed E-state index contributed by atoms with van der Waals surface area (Å²) < 4.78 is 0. The fraction of sp³-hybridized carbons (Fsp3) is 0.600. The van der Waals surface area contributed by atoms with E-state index < -0.39 is 0 Å². The van der Waals surface area contributed by atoms with Crippen LogP contribution < -0.4 is 10.5 Å². The molecule has 0 bridgehead atoms. The zero-order valence-electron chi connectivity index (χ0n) is 12.4. The molecule has 0 spiro atoms. The lowest BCUT2D eigenvalue weighted by atomic mass is 9.73. The predicted molar refractivity (Wildman–Crippen MR) is 88.8 cm³/mol. The summed E-state index contributed by atoms with van der Waals surface area (Å²) in [4.78, 5) is 4.00. The first kappa shape index (κ1) is 15.4. The van der Waals surface area contributed by atoms with Crippen molar-refractivity contribution in [1.29, 1.82) is 0 Å². The van der Waals surface area contributed by atoms with Crippen LogP contribution in [0.3, 0.4) is 0 Å². The lowest BCUT2D eigenvalue weighted by Crippen LogP contribution is -2.48. The van der Waals surface area contributed by atoms with E-state index in [4.69, 9.17) is 0 Å². The smallest absolute Gasteiger partial charge is 0.0592 e. The largest absolute Gasteiger partial charge is 0.295 e. The van der Waals surface area contributed by atoms with Gasteiger partial charge in [0, 0.05) is 23.6 Å². The Balaban J connectivity index is 1.93. The maximum atomic E-state index is 4.54. The molecule has 2 N–H and O–H groups in total. The van der Waals surface area contributed by atoms with Gasteiger partial charge in [-0.3, -0.25) is 15.5 Å². The first-order valence-corrected chi connectivity index (χ1v) is 7.97. The number of nitrogens with zero attached hydrogens (tertiary/aromatic N) is 2. The molecule has 0 amide bonds. The molecule has 0 aromatic carbocycles. The Hall–Kier alpha value is -0.990. The predicted octanol–water partition coefficient (Wildman–Crippen LogP) is 3.59. The monoisotopic (exact) mass is 292 g/mol. The van der Waals surface area contributed by atoms with E-state index in [1.165, 1.54) is 12.1 Å². The maximum Gasteiger partial charge on any atom is 0.0592 e. The van der Waals surface area contributed by atoms with Crippen LogP contribution in [0, 0.1) is 5.92 Å². The van der Waals surface area contributed by atoms with Gasteiger partial charge in [-0.05, 0) is 43.7 Å². The molecule has 110 valence electrons. The molecule has 1 aromatic heterocycles. The average molecular weight is 292 g/mol. The minimum atomic E-state index is 0.259. The van der Waals surface area contributed by atoms with Crippen molar-refractivity contribution in [2.45, 2.75) is 51.5 Å². The molecular weight excluding hydrogens is 267 g/mol. The standard InChI is InChI=1S/C15H25N4P/c1-3-12(2)15(19-20)8-4-13(5-9-15)17-18-14-6-10-16-11-7-14/h6-7,10-12,19H,3-5,8-9,20H2,1-2H3,(H,16,18). The summed E-state index contributed by atoms with van der Waals surface area (Å²) in [7, 11) is 2.72.